The van der Waals surface area contributed by atoms with Gasteiger partial charge in [0.2, 0.25) is 0 Å². The van der Waals surface area contributed by atoms with Crippen LogP contribution in [-0.4, -0.2) is 17.4 Å². The van der Waals surface area contributed by atoms with Gasteiger partial charge in [-0.3, -0.25) is 4.79 Å². The van der Waals surface area contributed by atoms with Gasteiger partial charge in [-0.2, -0.15) is 0 Å². The number of hydrogen-bond donors (Lipinski definition) is 2. The first-order chi connectivity index (χ1) is 9.60. The monoisotopic (exact) mass is 401 g/mol. The molecular formula is C14H13ClIN3O. The van der Waals surface area contributed by atoms with Gasteiger partial charge in [0.05, 0.1) is 5.69 Å². The Morgan fingerprint density at radius 2 is 2.15 bits per heavy atom. The van der Waals surface area contributed by atoms with Crippen molar-refractivity contribution in [2.75, 3.05) is 17.2 Å². The third-order valence-electron chi connectivity index (χ3n) is 2.52. The molecule has 0 bridgehead atoms. The number of nitrogens with one attached hydrogen (secondary N) is 2. The standard InChI is InChI=1S/C14H13ClIN3O/c1-2-17-13-5-3-4-12(18-13)14(20)19-11-7-6-9(15)8-10(11)16/h3-8H,2H2,1H3,(H,17,18)(H,19,20). The molecular weight excluding hydrogens is 389 g/mol. The topological polar surface area (TPSA) is 54.0 Å². The number of aromatic nitrogens is 1. The van der Waals surface area contributed by atoms with Crippen molar-refractivity contribution in [3.8, 4) is 0 Å². The molecule has 2 rings (SSSR count). The number of amides is 1. The molecule has 1 amide bonds. The minimum Gasteiger partial charge on any atom is -0.370 e. The lowest BCUT2D eigenvalue weighted by Crippen LogP contribution is -2.15. The zero-order valence-electron chi connectivity index (χ0n) is 10.8. The van der Waals surface area contributed by atoms with Crippen molar-refractivity contribution in [2.45, 2.75) is 6.92 Å². The van der Waals surface area contributed by atoms with Crippen LogP contribution in [0, 0.1) is 3.57 Å². The van der Waals surface area contributed by atoms with Crippen LogP contribution in [-0.2, 0) is 0 Å². The Bertz CT molecular complexity index is 634. The highest BCUT2D eigenvalue weighted by molar-refractivity contribution is 14.1. The smallest absolute Gasteiger partial charge is 0.274 e. The lowest BCUT2D eigenvalue weighted by molar-refractivity contribution is 0.102. The predicted molar refractivity (Wildman–Crippen MR) is 90.5 cm³/mol. The molecule has 0 atom stereocenters. The van der Waals surface area contributed by atoms with Crippen molar-refractivity contribution in [3.63, 3.8) is 0 Å². The first kappa shape index (κ1) is 15.1. The summed E-state index contributed by atoms with van der Waals surface area (Å²) in [7, 11) is 0. The van der Waals surface area contributed by atoms with Gasteiger partial charge in [-0.05, 0) is 59.8 Å². The van der Waals surface area contributed by atoms with Gasteiger partial charge in [0.25, 0.3) is 5.91 Å². The van der Waals surface area contributed by atoms with E-state index in [-0.39, 0.29) is 5.91 Å². The molecule has 6 heteroatoms. The molecule has 20 heavy (non-hydrogen) atoms. The van der Waals surface area contributed by atoms with Crippen molar-refractivity contribution < 1.29 is 4.79 Å². The van der Waals surface area contributed by atoms with Crippen LogP contribution < -0.4 is 10.6 Å². The van der Waals surface area contributed by atoms with Gasteiger partial charge in [0.1, 0.15) is 11.5 Å². The van der Waals surface area contributed by atoms with Crippen molar-refractivity contribution in [1.29, 1.82) is 0 Å². The van der Waals surface area contributed by atoms with E-state index in [9.17, 15) is 4.79 Å². The fourth-order valence-corrected chi connectivity index (χ4v) is 2.62. The third-order valence-corrected chi connectivity index (χ3v) is 3.65. The maximum atomic E-state index is 12.2. The summed E-state index contributed by atoms with van der Waals surface area (Å²) in [6.07, 6.45) is 0. The molecule has 1 aromatic carbocycles. The first-order valence-electron chi connectivity index (χ1n) is 6.07. The first-order valence-corrected chi connectivity index (χ1v) is 7.53. The van der Waals surface area contributed by atoms with E-state index in [4.69, 9.17) is 11.6 Å². The highest BCUT2D eigenvalue weighted by Gasteiger charge is 2.10. The molecule has 0 aliphatic carbocycles. The molecule has 0 saturated heterocycles. The Kier molecular flexibility index (Phi) is 5.19. The molecule has 0 aliphatic heterocycles. The Hall–Kier alpha value is -1.34. The summed E-state index contributed by atoms with van der Waals surface area (Å²) in [6.45, 7) is 2.73. The summed E-state index contributed by atoms with van der Waals surface area (Å²) in [5, 5.41) is 6.54. The number of benzene rings is 1. The maximum Gasteiger partial charge on any atom is 0.274 e. The van der Waals surface area contributed by atoms with E-state index in [1.165, 1.54) is 0 Å². The van der Waals surface area contributed by atoms with E-state index in [1.807, 2.05) is 13.0 Å². The summed E-state index contributed by atoms with van der Waals surface area (Å²) >= 11 is 8.01. The van der Waals surface area contributed by atoms with Crippen LogP contribution in [0.25, 0.3) is 0 Å². The summed E-state index contributed by atoms with van der Waals surface area (Å²) in [5.41, 5.74) is 1.09. The number of carbonyl (C=O) groups is 1. The summed E-state index contributed by atoms with van der Waals surface area (Å²) in [5.74, 6) is 0.441. The molecule has 2 aromatic rings. The summed E-state index contributed by atoms with van der Waals surface area (Å²) < 4.78 is 0.881. The van der Waals surface area contributed by atoms with E-state index in [2.05, 4.69) is 38.2 Å². The van der Waals surface area contributed by atoms with E-state index < -0.39 is 0 Å². The molecule has 1 aromatic heterocycles. The molecule has 104 valence electrons. The van der Waals surface area contributed by atoms with Crippen LogP contribution in [0.3, 0.4) is 0 Å². The van der Waals surface area contributed by atoms with Gasteiger partial charge >= 0.3 is 0 Å². The Morgan fingerprint density at radius 3 is 2.85 bits per heavy atom. The van der Waals surface area contributed by atoms with Gasteiger partial charge < -0.3 is 10.6 Å². The van der Waals surface area contributed by atoms with Gasteiger partial charge in [0, 0.05) is 15.1 Å². The van der Waals surface area contributed by atoms with Crippen LogP contribution in [0.5, 0.6) is 0 Å². The molecule has 1 heterocycles. The normalized spacial score (nSPS) is 10.2. The lowest BCUT2D eigenvalue weighted by Gasteiger charge is -2.08. The minimum atomic E-state index is -0.245. The number of hydrogen-bond acceptors (Lipinski definition) is 3. The van der Waals surface area contributed by atoms with E-state index >= 15 is 0 Å². The van der Waals surface area contributed by atoms with Crippen molar-refractivity contribution in [3.05, 3.63) is 50.7 Å². The Morgan fingerprint density at radius 1 is 1.35 bits per heavy atom. The zero-order chi connectivity index (χ0) is 14.5. The number of carbonyl (C=O) groups excluding carboxylic acids is 1. The quantitative estimate of drug-likeness (QED) is 0.761. The lowest BCUT2D eigenvalue weighted by atomic mass is 10.3. The van der Waals surface area contributed by atoms with Crippen molar-refractivity contribution in [2.24, 2.45) is 0 Å². The Balaban J connectivity index is 2.17. The fraction of sp³-hybridized carbons (Fsp3) is 0.143. The molecule has 0 spiro atoms. The second kappa shape index (κ2) is 6.90. The van der Waals surface area contributed by atoms with Crippen molar-refractivity contribution >= 4 is 51.6 Å². The van der Waals surface area contributed by atoms with E-state index in [1.54, 1.807) is 30.3 Å². The second-order valence-corrected chi connectivity index (χ2v) is 5.62. The molecule has 0 unspecified atom stereocenters. The van der Waals surface area contributed by atoms with Crippen LogP contribution >= 0.6 is 34.2 Å². The van der Waals surface area contributed by atoms with E-state index in [0.717, 1.165) is 15.8 Å². The van der Waals surface area contributed by atoms with Crippen LogP contribution in [0.15, 0.2) is 36.4 Å². The predicted octanol–water partition coefficient (Wildman–Crippen LogP) is 4.02. The zero-order valence-corrected chi connectivity index (χ0v) is 13.7. The van der Waals surface area contributed by atoms with Gasteiger partial charge in [-0.15, -0.1) is 0 Å². The Labute approximate surface area is 136 Å². The molecule has 0 radical (unpaired) electrons. The summed E-state index contributed by atoms with van der Waals surface area (Å²) in [6, 6.07) is 10.6. The maximum absolute atomic E-state index is 12.2. The largest absolute Gasteiger partial charge is 0.370 e. The van der Waals surface area contributed by atoms with Crippen molar-refractivity contribution in [1.82, 2.24) is 4.98 Å². The van der Waals surface area contributed by atoms with Gasteiger partial charge in [0.15, 0.2) is 0 Å². The SMILES string of the molecule is CCNc1cccc(C(=O)Nc2ccc(Cl)cc2I)n1. The summed E-state index contributed by atoms with van der Waals surface area (Å²) in [4.78, 5) is 16.4. The molecule has 2 N–H and O–H groups in total. The fourth-order valence-electron chi connectivity index (χ4n) is 1.62. The van der Waals surface area contributed by atoms with Gasteiger partial charge in [-0.1, -0.05) is 17.7 Å². The highest BCUT2D eigenvalue weighted by atomic mass is 127. The molecule has 0 aliphatic rings. The number of halogens is 2. The van der Waals surface area contributed by atoms with E-state index in [0.29, 0.717) is 16.5 Å². The van der Waals surface area contributed by atoms with Crippen LogP contribution in [0.1, 0.15) is 17.4 Å². The average molecular weight is 402 g/mol. The van der Waals surface area contributed by atoms with Gasteiger partial charge in [-0.25, -0.2) is 4.98 Å². The molecule has 0 fully saturated rings. The molecule has 0 saturated carbocycles. The number of anilines is 2. The average Bonchev–Trinajstić information content (AvgIpc) is 2.42. The number of nitrogens with zero attached hydrogens (tertiary/aromatic N) is 1. The number of pyridine rings is 1. The third kappa shape index (κ3) is 3.83. The molecule has 4 nitrogen and oxygen atoms in total. The highest BCUT2D eigenvalue weighted by Crippen LogP contribution is 2.22. The van der Waals surface area contributed by atoms with Crippen LogP contribution in [0.2, 0.25) is 5.02 Å². The minimum absolute atomic E-state index is 0.245. The second-order valence-electron chi connectivity index (χ2n) is 4.02. The van der Waals surface area contributed by atoms with Crippen LogP contribution in [0.4, 0.5) is 11.5 Å². The number of rotatable bonds is 4.